The smallest absolute Gasteiger partial charge is 0.323 e. The molecule has 0 bridgehead atoms. The summed E-state index contributed by atoms with van der Waals surface area (Å²) in [5.74, 6) is 0.182. The summed E-state index contributed by atoms with van der Waals surface area (Å²) >= 11 is 0. The number of nitrogens with zero attached hydrogens (tertiary/aromatic N) is 2. The zero-order valence-electron chi connectivity index (χ0n) is 15.8. The fourth-order valence-electron chi connectivity index (χ4n) is 2.80. The van der Waals surface area contributed by atoms with Gasteiger partial charge in [-0.15, -0.1) is 0 Å². The minimum Gasteiger partial charge on any atom is -0.494 e. The van der Waals surface area contributed by atoms with E-state index in [1.54, 1.807) is 29.4 Å². The standard InChI is InChI=1S/C21H23FN4O3/c22-17-4-6-18(7-5-17)26(15-20(27)28)14-16-2-8-19(9-3-16)29-13-1-10-23-21-24-11-12-25-21/h2-9,11-12H,1,10,13-15H2,(H,27,28)(H2,23,24,25). The molecule has 0 aliphatic heterocycles. The minimum absolute atomic E-state index is 0.174. The van der Waals surface area contributed by atoms with Gasteiger partial charge < -0.3 is 25.0 Å². The maximum absolute atomic E-state index is 13.1. The van der Waals surface area contributed by atoms with Crippen LogP contribution in [0.15, 0.2) is 60.9 Å². The van der Waals surface area contributed by atoms with Gasteiger partial charge in [-0.05, 0) is 48.4 Å². The third-order valence-electron chi connectivity index (χ3n) is 4.20. The van der Waals surface area contributed by atoms with Gasteiger partial charge in [0, 0.05) is 31.2 Å². The molecule has 7 nitrogen and oxygen atoms in total. The molecule has 152 valence electrons. The fourth-order valence-corrected chi connectivity index (χ4v) is 2.80. The number of H-pyrrole nitrogens is 1. The van der Waals surface area contributed by atoms with Crippen molar-refractivity contribution < 1.29 is 19.0 Å². The number of nitrogens with one attached hydrogen (secondary N) is 2. The van der Waals surface area contributed by atoms with Gasteiger partial charge in [-0.25, -0.2) is 9.37 Å². The summed E-state index contributed by atoms with van der Waals surface area (Å²) in [5.41, 5.74) is 1.58. The Morgan fingerprint density at radius 1 is 1.17 bits per heavy atom. The van der Waals surface area contributed by atoms with Gasteiger partial charge in [0.2, 0.25) is 0 Å². The highest BCUT2D eigenvalue weighted by Gasteiger charge is 2.12. The number of carboxylic acids is 1. The summed E-state index contributed by atoms with van der Waals surface area (Å²) in [6, 6.07) is 13.3. The minimum atomic E-state index is -0.947. The number of carboxylic acid groups (broad SMARTS) is 1. The highest BCUT2D eigenvalue weighted by atomic mass is 19.1. The number of aromatic nitrogens is 2. The average molecular weight is 398 g/mol. The van der Waals surface area contributed by atoms with E-state index in [2.05, 4.69) is 15.3 Å². The Labute approximate surface area is 168 Å². The van der Waals surface area contributed by atoms with Crippen LogP contribution in [-0.2, 0) is 11.3 Å². The number of aliphatic carboxylic acids is 1. The van der Waals surface area contributed by atoms with Gasteiger partial charge in [-0.3, -0.25) is 4.79 Å². The fraction of sp³-hybridized carbons (Fsp3) is 0.238. The summed E-state index contributed by atoms with van der Waals surface area (Å²) in [6.07, 6.45) is 4.27. The van der Waals surface area contributed by atoms with Gasteiger partial charge in [0.25, 0.3) is 0 Å². The molecule has 0 fully saturated rings. The topological polar surface area (TPSA) is 90.5 Å². The third-order valence-corrected chi connectivity index (χ3v) is 4.20. The molecule has 29 heavy (non-hydrogen) atoms. The molecule has 1 heterocycles. The van der Waals surface area contributed by atoms with Crippen LogP contribution in [0.5, 0.6) is 5.75 Å². The molecule has 0 saturated carbocycles. The number of benzene rings is 2. The number of ether oxygens (including phenoxy) is 1. The lowest BCUT2D eigenvalue weighted by Crippen LogP contribution is -2.29. The number of carbonyl (C=O) groups is 1. The molecule has 0 aliphatic carbocycles. The summed E-state index contributed by atoms with van der Waals surface area (Å²) in [7, 11) is 0. The lowest BCUT2D eigenvalue weighted by Gasteiger charge is -2.23. The van der Waals surface area contributed by atoms with Gasteiger partial charge in [-0.2, -0.15) is 0 Å². The first-order valence-corrected chi connectivity index (χ1v) is 9.27. The third kappa shape index (κ3) is 6.53. The lowest BCUT2D eigenvalue weighted by molar-refractivity contribution is -0.135. The number of rotatable bonds is 11. The van der Waals surface area contributed by atoms with Crippen molar-refractivity contribution in [3.05, 3.63) is 72.3 Å². The largest absolute Gasteiger partial charge is 0.494 e. The number of imidazole rings is 1. The zero-order chi connectivity index (χ0) is 20.5. The number of aromatic amines is 1. The molecule has 0 aliphatic rings. The normalized spacial score (nSPS) is 10.5. The second kappa shape index (κ2) is 10.1. The highest BCUT2D eigenvalue weighted by Crippen LogP contribution is 2.19. The van der Waals surface area contributed by atoms with Gasteiger partial charge in [0.1, 0.15) is 18.1 Å². The SMILES string of the molecule is O=C(O)CN(Cc1ccc(OCCCNc2ncc[nH]2)cc1)c1ccc(F)cc1. The van der Waals surface area contributed by atoms with E-state index < -0.39 is 5.97 Å². The van der Waals surface area contributed by atoms with E-state index in [1.807, 2.05) is 24.3 Å². The molecular weight excluding hydrogens is 375 g/mol. The first kappa shape index (κ1) is 20.2. The van der Waals surface area contributed by atoms with E-state index in [4.69, 9.17) is 4.74 Å². The second-order valence-electron chi connectivity index (χ2n) is 6.44. The maximum atomic E-state index is 13.1. The summed E-state index contributed by atoms with van der Waals surface area (Å²) < 4.78 is 18.9. The van der Waals surface area contributed by atoms with Crippen LogP contribution in [0.4, 0.5) is 16.0 Å². The van der Waals surface area contributed by atoms with Crippen molar-refractivity contribution in [2.24, 2.45) is 0 Å². The van der Waals surface area contributed by atoms with Crippen LogP contribution >= 0.6 is 0 Å². The molecule has 0 unspecified atom stereocenters. The van der Waals surface area contributed by atoms with Crippen molar-refractivity contribution in [2.75, 3.05) is 29.9 Å². The zero-order valence-corrected chi connectivity index (χ0v) is 15.8. The summed E-state index contributed by atoms with van der Waals surface area (Å²) in [6.45, 7) is 1.53. The monoisotopic (exact) mass is 398 g/mol. The molecule has 8 heteroatoms. The Morgan fingerprint density at radius 2 is 1.93 bits per heavy atom. The van der Waals surface area contributed by atoms with Crippen molar-refractivity contribution in [1.82, 2.24) is 9.97 Å². The number of hydrogen-bond acceptors (Lipinski definition) is 5. The van der Waals surface area contributed by atoms with Crippen LogP contribution in [0.3, 0.4) is 0 Å². The van der Waals surface area contributed by atoms with Gasteiger partial charge in [0.05, 0.1) is 6.61 Å². The molecule has 0 amide bonds. The van der Waals surface area contributed by atoms with E-state index in [-0.39, 0.29) is 12.4 Å². The molecule has 0 atom stereocenters. The summed E-state index contributed by atoms with van der Waals surface area (Å²) in [4.78, 5) is 19.9. The van der Waals surface area contributed by atoms with Gasteiger partial charge in [-0.1, -0.05) is 12.1 Å². The van der Waals surface area contributed by atoms with Crippen molar-refractivity contribution in [3.63, 3.8) is 0 Å². The molecule has 3 N–H and O–H groups in total. The Kier molecular flexibility index (Phi) is 7.05. The van der Waals surface area contributed by atoms with Crippen molar-refractivity contribution in [1.29, 1.82) is 0 Å². The Balaban J connectivity index is 1.49. The van der Waals surface area contributed by atoms with Gasteiger partial charge >= 0.3 is 5.97 Å². The molecule has 0 saturated heterocycles. The van der Waals surface area contributed by atoms with Crippen molar-refractivity contribution in [3.8, 4) is 5.75 Å². The highest BCUT2D eigenvalue weighted by molar-refractivity contribution is 5.73. The lowest BCUT2D eigenvalue weighted by atomic mass is 10.2. The second-order valence-corrected chi connectivity index (χ2v) is 6.44. The van der Waals surface area contributed by atoms with Crippen molar-refractivity contribution in [2.45, 2.75) is 13.0 Å². The van der Waals surface area contributed by atoms with Crippen molar-refractivity contribution >= 4 is 17.6 Å². The number of hydrogen-bond donors (Lipinski definition) is 3. The van der Waals surface area contributed by atoms with Crippen LogP contribution in [0, 0.1) is 5.82 Å². The van der Waals surface area contributed by atoms with E-state index in [0.29, 0.717) is 18.8 Å². The van der Waals surface area contributed by atoms with Crippen LogP contribution in [-0.4, -0.2) is 40.7 Å². The van der Waals surface area contributed by atoms with E-state index in [1.165, 1.54) is 12.1 Å². The van der Waals surface area contributed by atoms with Crippen LogP contribution in [0.1, 0.15) is 12.0 Å². The van der Waals surface area contributed by atoms with Crippen LogP contribution < -0.4 is 15.0 Å². The van der Waals surface area contributed by atoms with E-state index in [9.17, 15) is 14.3 Å². The van der Waals surface area contributed by atoms with Crippen LogP contribution in [0.2, 0.25) is 0 Å². The Morgan fingerprint density at radius 3 is 2.59 bits per heavy atom. The molecule has 0 radical (unpaired) electrons. The van der Waals surface area contributed by atoms with E-state index in [0.717, 1.165) is 30.2 Å². The number of halogens is 1. The molecule has 3 rings (SSSR count). The van der Waals surface area contributed by atoms with E-state index >= 15 is 0 Å². The molecule has 3 aromatic rings. The average Bonchev–Trinajstić information content (AvgIpc) is 3.22. The predicted molar refractivity (Wildman–Crippen MR) is 109 cm³/mol. The first-order valence-electron chi connectivity index (χ1n) is 9.27. The molecule has 0 spiro atoms. The van der Waals surface area contributed by atoms with Gasteiger partial charge in [0.15, 0.2) is 5.95 Å². The molecule has 1 aromatic heterocycles. The summed E-state index contributed by atoms with van der Waals surface area (Å²) in [5, 5.41) is 12.3. The first-order chi connectivity index (χ1) is 14.1. The molecular formula is C21H23FN4O3. The quantitative estimate of drug-likeness (QED) is 0.428. The maximum Gasteiger partial charge on any atom is 0.323 e. The number of anilines is 2. The predicted octanol–water partition coefficient (Wildman–Crippen LogP) is 3.52. The molecule has 2 aromatic carbocycles. The van der Waals surface area contributed by atoms with Crippen LogP contribution in [0.25, 0.3) is 0 Å². The Hall–Kier alpha value is -3.55. The Bertz CT molecular complexity index is 883.